The van der Waals surface area contributed by atoms with Gasteiger partial charge in [-0.15, -0.1) is 0 Å². The van der Waals surface area contributed by atoms with E-state index in [4.69, 9.17) is 4.74 Å². The number of anilines is 1. The van der Waals surface area contributed by atoms with Gasteiger partial charge in [-0.3, -0.25) is 0 Å². The van der Waals surface area contributed by atoms with Gasteiger partial charge in [-0.25, -0.2) is 9.78 Å². The van der Waals surface area contributed by atoms with Crippen molar-refractivity contribution >= 4 is 11.8 Å². The lowest BCUT2D eigenvalue weighted by atomic mass is 10.0. The Hall–Kier alpha value is -1.62. The van der Waals surface area contributed by atoms with Gasteiger partial charge in [-0.05, 0) is 25.0 Å². The molecule has 1 aromatic rings. The van der Waals surface area contributed by atoms with Crippen LogP contribution in [0.3, 0.4) is 0 Å². The molecule has 0 bridgehead atoms. The van der Waals surface area contributed by atoms with Gasteiger partial charge in [0.15, 0.2) is 0 Å². The zero-order chi connectivity index (χ0) is 13.9. The van der Waals surface area contributed by atoms with Crippen molar-refractivity contribution < 1.29 is 14.6 Å². The third-order valence-electron chi connectivity index (χ3n) is 3.62. The van der Waals surface area contributed by atoms with Gasteiger partial charge in [-0.1, -0.05) is 12.8 Å². The predicted molar refractivity (Wildman–Crippen MR) is 72.3 cm³/mol. The van der Waals surface area contributed by atoms with E-state index in [1.165, 1.54) is 7.11 Å². The van der Waals surface area contributed by atoms with Crippen LogP contribution in [-0.4, -0.2) is 42.4 Å². The molecule has 1 N–H and O–H groups in total. The number of methoxy groups -OCH3 is 1. The number of ether oxygens (including phenoxy) is 1. The van der Waals surface area contributed by atoms with Gasteiger partial charge in [0, 0.05) is 19.8 Å². The molecule has 1 aromatic heterocycles. The molecule has 104 valence electrons. The van der Waals surface area contributed by atoms with Crippen LogP contribution in [0.1, 0.15) is 36.0 Å². The first-order chi connectivity index (χ1) is 9.06. The summed E-state index contributed by atoms with van der Waals surface area (Å²) in [6.45, 7) is 0.480. The highest BCUT2D eigenvalue weighted by atomic mass is 16.5. The molecule has 0 unspecified atom stereocenters. The van der Waals surface area contributed by atoms with Gasteiger partial charge in [0.2, 0.25) is 0 Å². The minimum absolute atomic E-state index is 0.409. The summed E-state index contributed by atoms with van der Waals surface area (Å²) in [6, 6.07) is 3.39. The third kappa shape index (κ3) is 3.04. The summed E-state index contributed by atoms with van der Waals surface area (Å²) in [5.41, 5.74) is -0.242. The van der Waals surface area contributed by atoms with Gasteiger partial charge >= 0.3 is 5.97 Å². The molecule has 2 rings (SSSR count). The van der Waals surface area contributed by atoms with E-state index >= 15 is 0 Å². The summed E-state index contributed by atoms with van der Waals surface area (Å²) in [6.07, 6.45) is 5.35. The van der Waals surface area contributed by atoms with Gasteiger partial charge in [0.05, 0.1) is 12.7 Å². The van der Waals surface area contributed by atoms with Gasteiger partial charge in [-0.2, -0.15) is 0 Å². The van der Waals surface area contributed by atoms with Crippen molar-refractivity contribution in [3.63, 3.8) is 0 Å². The van der Waals surface area contributed by atoms with E-state index in [2.05, 4.69) is 4.98 Å². The molecule has 0 radical (unpaired) electrons. The highest BCUT2D eigenvalue weighted by Crippen LogP contribution is 2.31. The van der Waals surface area contributed by atoms with Gasteiger partial charge in [0.1, 0.15) is 11.4 Å². The van der Waals surface area contributed by atoms with E-state index in [-0.39, 0.29) is 0 Å². The van der Waals surface area contributed by atoms with Crippen molar-refractivity contribution in [3.05, 3.63) is 23.9 Å². The standard InChI is InChI=1S/C14H20N2O3/c1-16(10-14(18)7-3-4-8-14)12-11(13(17)19-2)6-5-9-15-12/h5-6,9,18H,3-4,7-8,10H2,1-2H3. The van der Waals surface area contributed by atoms with Crippen molar-refractivity contribution in [2.75, 3.05) is 25.6 Å². The van der Waals surface area contributed by atoms with Crippen LogP contribution in [0.2, 0.25) is 0 Å². The number of pyridine rings is 1. The van der Waals surface area contributed by atoms with E-state index in [1.54, 1.807) is 18.3 Å². The van der Waals surface area contributed by atoms with Crippen molar-refractivity contribution in [1.29, 1.82) is 0 Å². The molecule has 0 spiro atoms. The monoisotopic (exact) mass is 264 g/mol. The lowest BCUT2D eigenvalue weighted by Crippen LogP contribution is -2.40. The fraction of sp³-hybridized carbons (Fsp3) is 0.571. The summed E-state index contributed by atoms with van der Waals surface area (Å²) in [5.74, 6) is 0.142. The summed E-state index contributed by atoms with van der Waals surface area (Å²) < 4.78 is 4.75. The van der Waals surface area contributed by atoms with Gasteiger partial charge < -0.3 is 14.7 Å². The SMILES string of the molecule is COC(=O)c1cccnc1N(C)CC1(O)CCCC1. The number of hydrogen-bond donors (Lipinski definition) is 1. The molecule has 0 aliphatic heterocycles. The van der Waals surface area contributed by atoms with Crippen LogP contribution in [0.25, 0.3) is 0 Å². The maximum atomic E-state index is 11.7. The summed E-state index contributed by atoms with van der Waals surface area (Å²) in [5, 5.41) is 10.4. The number of esters is 1. The fourth-order valence-corrected chi connectivity index (χ4v) is 2.68. The Bertz CT molecular complexity index is 456. The topological polar surface area (TPSA) is 62.7 Å². The molecule has 19 heavy (non-hydrogen) atoms. The molecule has 5 nitrogen and oxygen atoms in total. The van der Waals surface area contributed by atoms with E-state index in [1.807, 2.05) is 11.9 Å². The highest BCUT2D eigenvalue weighted by molar-refractivity contribution is 5.94. The summed E-state index contributed by atoms with van der Waals surface area (Å²) >= 11 is 0. The first-order valence-corrected chi connectivity index (χ1v) is 6.52. The third-order valence-corrected chi connectivity index (χ3v) is 3.62. The van der Waals surface area contributed by atoms with Crippen LogP contribution in [0, 0.1) is 0 Å². The van der Waals surface area contributed by atoms with Crippen LogP contribution in [-0.2, 0) is 4.74 Å². The van der Waals surface area contributed by atoms with Crippen LogP contribution >= 0.6 is 0 Å². The first kappa shape index (κ1) is 13.8. The van der Waals surface area contributed by atoms with Crippen LogP contribution in [0.5, 0.6) is 0 Å². The van der Waals surface area contributed by atoms with E-state index < -0.39 is 11.6 Å². The number of carbonyl (C=O) groups is 1. The Morgan fingerprint density at radius 1 is 1.53 bits per heavy atom. The largest absolute Gasteiger partial charge is 0.465 e. The Labute approximate surface area is 113 Å². The molecular formula is C14H20N2O3. The molecule has 1 aliphatic rings. The Kier molecular flexibility index (Phi) is 4.04. The van der Waals surface area contributed by atoms with Crippen molar-refractivity contribution in [1.82, 2.24) is 4.98 Å². The summed E-state index contributed by atoms with van der Waals surface area (Å²) in [4.78, 5) is 17.8. The van der Waals surface area contributed by atoms with Crippen LogP contribution in [0.4, 0.5) is 5.82 Å². The van der Waals surface area contributed by atoms with E-state index in [9.17, 15) is 9.90 Å². The number of nitrogens with zero attached hydrogens (tertiary/aromatic N) is 2. The first-order valence-electron chi connectivity index (χ1n) is 6.52. The molecule has 1 fully saturated rings. The second kappa shape index (κ2) is 5.57. The quantitative estimate of drug-likeness (QED) is 0.837. The second-order valence-electron chi connectivity index (χ2n) is 5.15. The molecule has 1 saturated carbocycles. The number of carbonyl (C=O) groups excluding carboxylic acids is 1. The smallest absolute Gasteiger partial charge is 0.341 e. The lowest BCUT2D eigenvalue weighted by molar-refractivity contribution is 0.0547. The minimum Gasteiger partial charge on any atom is -0.465 e. The molecular weight excluding hydrogens is 244 g/mol. The maximum absolute atomic E-state index is 11.7. The number of likely N-dealkylation sites (N-methyl/N-ethyl adjacent to an activating group) is 1. The zero-order valence-electron chi connectivity index (χ0n) is 11.4. The fourth-order valence-electron chi connectivity index (χ4n) is 2.68. The van der Waals surface area contributed by atoms with Crippen LogP contribution < -0.4 is 4.90 Å². The van der Waals surface area contributed by atoms with Crippen molar-refractivity contribution in [2.24, 2.45) is 0 Å². The molecule has 0 saturated heterocycles. The van der Waals surface area contributed by atoms with Crippen LogP contribution in [0.15, 0.2) is 18.3 Å². The molecule has 1 heterocycles. The molecule has 0 amide bonds. The molecule has 0 atom stereocenters. The zero-order valence-corrected chi connectivity index (χ0v) is 11.4. The maximum Gasteiger partial charge on any atom is 0.341 e. The molecule has 5 heteroatoms. The number of hydrogen-bond acceptors (Lipinski definition) is 5. The average molecular weight is 264 g/mol. The molecule has 0 aromatic carbocycles. The second-order valence-corrected chi connectivity index (χ2v) is 5.15. The lowest BCUT2D eigenvalue weighted by Gasteiger charge is -2.30. The number of aromatic nitrogens is 1. The normalized spacial score (nSPS) is 17.2. The van der Waals surface area contributed by atoms with E-state index in [0.29, 0.717) is 17.9 Å². The predicted octanol–water partition coefficient (Wildman–Crippen LogP) is 1.61. The Morgan fingerprint density at radius 2 is 2.21 bits per heavy atom. The summed E-state index contributed by atoms with van der Waals surface area (Å²) in [7, 11) is 3.19. The van der Waals surface area contributed by atoms with Crippen molar-refractivity contribution in [3.8, 4) is 0 Å². The van der Waals surface area contributed by atoms with Crippen molar-refractivity contribution in [2.45, 2.75) is 31.3 Å². The van der Waals surface area contributed by atoms with E-state index in [0.717, 1.165) is 25.7 Å². The molecule has 1 aliphatic carbocycles. The number of aliphatic hydroxyl groups is 1. The van der Waals surface area contributed by atoms with Gasteiger partial charge in [0.25, 0.3) is 0 Å². The number of rotatable bonds is 4. The Morgan fingerprint density at radius 3 is 2.84 bits per heavy atom. The highest BCUT2D eigenvalue weighted by Gasteiger charge is 2.33. The minimum atomic E-state index is -0.667. The Balaban J connectivity index is 2.19. The average Bonchev–Trinajstić information content (AvgIpc) is 2.84.